The Kier molecular flexibility index (Phi) is 3.39. The molecule has 0 aliphatic rings. The molecule has 0 spiro atoms. The molecular weight excluding hydrogens is 287 g/mol. The van der Waals surface area contributed by atoms with E-state index < -0.39 is 0 Å². The molecule has 4 rings (SSSR count). The normalized spacial score (nSPS) is 11.0. The summed E-state index contributed by atoms with van der Waals surface area (Å²) >= 11 is 0. The minimum atomic E-state index is -0.250. The monoisotopic (exact) mass is 302 g/mol. The number of aromatic amines is 1. The molecule has 2 nitrogen and oxygen atoms in total. The number of nitrogens with one attached hydrogen (secondary N) is 1. The van der Waals surface area contributed by atoms with Gasteiger partial charge in [-0.05, 0) is 34.9 Å². The number of hydrogen-bond acceptors (Lipinski definition) is 1. The van der Waals surface area contributed by atoms with Gasteiger partial charge in [-0.2, -0.15) is 0 Å². The fourth-order valence-electron chi connectivity index (χ4n) is 2.76. The van der Waals surface area contributed by atoms with Crippen molar-refractivity contribution in [2.45, 2.75) is 6.42 Å². The summed E-state index contributed by atoms with van der Waals surface area (Å²) in [6, 6.07) is 23.3. The standard InChI is InChI=1S/C20H15FN2/c21-17-10-11-18-19(13-17)23-20(22-18)12-14-6-8-16(9-7-14)15-4-2-1-3-5-15/h1-11,13H,12H2,(H,22,23). The van der Waals surface area contributed by atoms with Gasteiger partial charge in [0.15, 0.2) is 0 Å². The van der Waals surface area contributed by atoms with Crippen LogP contribution in [0, 0.1) is 5.82 Å². The minimum Gasteiger partial charge on any atom is -0.342 e. The highest BCUT2D eigenvalue weighted by Crippen LogP contribution is 2.21. The van der Waals surface area contributed by atoms with E-state index in [0.29, 0.717) is 6.42 Å². The van der Waals surface area contributed by atoms with Crippen LogP contribution in [0.1, 0.15) is 11.4 Å². The van der Waals surface area contributed by atoms with Crippen LogP contribution in [0.25, 0.3) is 22.2 Å². The van der Waals surface area contributed by atoms with E-state index in [2.05, 4.69) is 46.4 Å². The first-order valence-electron chi connectivity index (χ1n) is 7.56. The van der Waals surface area contributed by atoms with Gasteiger partial charge < -0.3 is 4.98 Å². The molecule has 1 N–H and O–H groups in total. The second-order valence-electron chi connectivity index (χ2n) is 5.58. The molecular formula is C20H15FN2. The molecule has 4 aromatic rings. The molecule has 0 bridgehead atoms. The van der Waals surface area contributed by atoms with Crippen molar-refractivity contribution in [3.8, 4) is 11.1 Å². The Morgan fingerprint density at radius 3 is 2.35 bits per heavy atom. The summed E-state index contributed by atoms with van der Waals surface area (Å²) in [6.07, 6.45) is 0.700. The number of hydrogen-bond donors (Lipinski definition) is 1. The Morgan fingerprint density at radius 1 is 0.826 bits per heavy atom. The zero-order chi connectivity index (χ0) is 15.6. The van der Waals surface area contributed by atoms with Gasteiger partial charge >= 0.3 is 0 Å². The molecule has 0 amide bonds. The van der Waals surface area contributed by atoms with Gasteiger partial charge in [-0.25, -0.2) is 9.37 Å². The molecule has 0 atom stereocenters. The lowest BCUT2D eigenvalue weighted by atomic mass is 10.0. The molecule has 1 heterocycles. The highest BCUT2D eigenvalue weighted by Gasteiger charge is 2.05. The second kappa shape index (κ2) is 5.69. The van der Waals surface area contributed by atoms with Crippen molar-refractivity contribution in [2.24, 2.45) is 0 Å². The van der Waals surface area contributed by atoms with E-state index in [1.165, 1.54) is 28.8 Å². The Labute approximate surface area is 133 Å². The maximum absolute atomic E-state index is 13.2. The molecule has 0 radical (unpaired) electrons. The lowest BCUT2D eigenvalue weighted by molar-refractivity contribution is 0.629. The molecule has 0 saturated carbocycles. The van der Waals surface area contributed by atoms with Crippen LogP contribution in [0.2, 0.25) is 0 Å². The number of aromatic nitrogens is 2. The van der Waals surface area contributed by atoms with Crippen LogP contribution in [-0.2, 0) is 6.42 Å². The smallest absolute Gasteiger partial charge is 0.125 e. The predicted octanol–water partition coefficient (Wildman–Crippen LogP) is 4.96. The Hall–Kier alpha value is -2.94. The van der Waals surface area contributed by atoms with Gasteiger partial charge in [-0.3, -0.25) is 0 Å². The summed E-state index contributed by atoms with van der Waals surface area (Å²) < 4.78 is 13.2. The van der Waals surface area contributed by atoms with Crippen LogP contribution in [0.15, 0.2) is 72.8 Å². The molecule has 0 fully saturated rings. The van der Waals surface area contributed by atoms with Gasteiger partial charge in [0.1, 0.15) is 11.6 Å². The maximum Gasteiger partial charge on any atom is 0.125 e. The first-order valence-corrected chi connectivity index (χ1v) is 7.56. The van der Waals surface area contributed by atoms with E-state index in [1.807, 2.05) is 18.2 Å². The Bertz CT molecular complexity index is 940. The lowest BCUT2D eigenvalue weighted by Gasteiger charge is -2.03. The summed E-state index contributed by atoms with van der Waals surface area (Å²) in [5.74, 6) is 0.595. The number of nitrogens with zero attached hydrogens (tertiary/aromatic N) is 1. The first kappa shape index (κ1) is 13.7. The van der Waals surface area contributed by atoms with Crippen LogP contribution in [0.5, 0.6) is 0 Å². The Morgan fingerprint density at radius 2 is 1.57 bits per heavy atom. The van der Waals surface area contributed by atoms with E-state index in [4.69, 9.17) is 0 Å². The third-order valence-corrected chi connectivity index (χ3v) is 3.93. The van der Waals surface area contributed by atoms with Crippen LogP contribution in [0.4, 0.5) is 4.39 Å². The first-order chi connectivity index (χ1) is 11.3. The molecule has 23 heavy (non-hydrogen) atoms. The zero-order valence-corrected chi connectivity index (χ0v) is 12.5. The zero-order valence-electron chi connectivity index (χ0n) is 12.5. The maximum atomic E-state index is 13.2. The van der Waals surface area contributed by atoms with E-state index in [1.54, 1.807) is 6.07 Å². The number of rotatable bonds is 3. The van der Waals surface area contributed by atoms with Crippen molar-refractivity contribution in [1.29, 1.82) is 0 Å². The molecule has 0 unspecified atom stereocenters. The average molecular weight is 302 g/mol. The summed E-state index contributed by atoms with van der Waals surface area (Å²) in [7, 11) is 0. The van der Waals surface area contributed by atoms with Gasteiger partial charge in [0.05, 0.1) is 11.0 Å². The van der Waals surface area contributed by atoms with Crippen molar-refractivity contribution < 1.29 is 4.39 Å². The number of imidazole rings is 1. The predicted molar refractivity (Wildman–Crippen MR) is 90.7 cm³/mol. The lowest BCUT2D eigenvalue weighted by Crippen LogP contribution is -1.90. The fourth-order valence-corrected chi connectivity index (χ4v) is 2.76. The molecule has 3 aromatic carbocycles. The largest absolute Gasteiger partial charge is 0.342 e. The van der Waals surface area contributed by atoms with Gasteiger partial charge in [0.2, 0.25) is 0 Å². The fraction of sp³-hybridized carbons (Fsp3) is 0.0500. The molecule has 0 aliphatic carbocycles. The molecule has 112 valence electrons. The van der Waals surface area contributed by atoms with Gasteiger partial charge in [0, 0.05) is 6.42 Å². The summed E-state index contributed by atoms with van der Waals surface area (Å²) in [4.78, 5) is 7.69. The van der Waals surface area contributed by atoms with Gasteiger partial charge in [-0.15, -0.1) is 0 Å². The molecule has 3 heteroatoms. The topological polar surface area (TPSA) is 28.7 Å². The third kappa shape index (κ3) is 2.86. The minimum absolute atomic E-state index is 0.250. The number of fused-ring (bicyclic) bond motifs is 1. The Balaban J connectivity index is 1.58. The van der Waals surface area contributed by atoms with Crippen LogP contribution in [-0.4, -0.2) is 9.97 Å². The van der Waals surface area contributed by atoms with Crippen molar-refractivity contribution in [2.75, 3.05) is 0 Å². The van der Waals surface area contributed by atoms with Crippen LogP contribution < -0.4 is 0 Å². The summed E-state index contributed by atoms with van der Waals surface area (Å²) in [6.45, 7) is 0. The van der Waals surface area contributed by atoms with E-state index in [9.17, 15) is 4.39 Å². The molecule has 0 saturated heterocycles. The van der Waals surface area contributed by atoms with E-state index in [-0.39, 0.29) is 5.82 Å². The molecule has 0 aliphatic heterocycles. The average Bonchev–Trinajstić information content (AvgIpc) is 2.97. The number of H-pyrrole nitrogens is 1. The van der Waals surface area contributed by atoms with Crippen molar-refractivity contribution >= 4 is 11.0 Å². The van der Waals surface area contributed by atoms with E-state index in [0.717, 1.165) is 16.9 Å². The van der Waals surface area contributed by atoms with Crippen molar-refractivity contribution in [1.82, 2.24) is 9.97 Å². The van der Waals surface area contributed by atoms with E-state index >= 15 is 0 Å². The second-order valence-corrected chi connectivity index (χ2v) is 5.58. The highest BCUT2D eigenvalue weighted by atomic mass is 19.1. The van der Waals surface area contributed by atoms with Crippen LogP contribution >= 0.6 is 0 Å². The SMILES string of the molecule is Fc1ccc2nc(Cc3ccc(-c4ccccc4)cc3)[nH]c2c1. The third-order valence-electron chi connectivity index (χ3n) is 3.93. The quantitative estimate of drug-likeness (QED) is 0.569. The summed E-state index contributed by atoms with van der Waals surface area (Å²) in [5, 5.41) is 0. The number of benzene rings is 3. The molecule has 1 aromatic heterocycles. The van der Waals surface area contributed by atoms with Gasteiger partial charge in [0.25, 0.3) is 0 Å². The van der Waals surface area contributed by atoms with Crippen LogP contribution in [0.3, 0.4) is 0 Å². The highest BCUT2D eigenvalue weighted by molar-refractivity contribution is 5.75. The van der Waals surface area contributed by atoms with Crippen molar-refractivity contribution in [3.63, 3.8) is 0 Å². The summed E-state index contributed by atoms with van der Waals surface area (Å²) in [5.41, 5.74) is 5.10. The number of halogens is 1. The van der Waals surface area contributed by atoms with Crippen molar-refractivity contribution in [3.05, 3.63) is 90.0 Å². The van der Waals surface area contributed by atoms with Gasteiger partial charge in [-0.1, -0.05) is 54.6 Å².